The third kappa shape index (κ3) is 6.17. The summed E-state index contributed by atoms with van der Waals surface area (Å²) in [5.74, 6) is 0.802. The van der Waals surface area contributed by atoms with Crippen LogP contribution >= 0.6 is 15.9 Å². The largest absolute Gasteiger partial charge is 0.418 e. The number of hydrogen-bond acceptors (Lipinski definition) is 4. The summed E-state index contributed by atoms with van der Waals surface area (Å²) in [6.07, 6.45) is -1.53. The number of alkyl halides is 3. The Kier molecular flexibility index (Phi) is 7.39. The number of rotatable bonds is 5. The lowest BCUT2D eigenvalue weighted by Crippen LogP contribution is -2.42. The van der Waals surface area contributed by atoms with Gasteiger partial charge in [0.05, 0.1) is 16.8 Å². The molecule has 0 bridgehead atoms. The van der Waals surface area contributed by atoms with E-state index < -0.39 is 17.8 Å². The molecule has 6 nitrogen and oxygen atoms in total. The van der Waals surface area contributed by atoms with E-state index >= 15 is 0 Å². The molecule has 3 N–H and O–H groups in total. The fourth-order valence-electron chi connectivity index (χ4n) is 4.40. The summed E-state index contributed by atoms with van der Waals surface area (Å²) < 4.78 is 40.2. The number of pyridine rings is 1. The van der Waals surface area contributed by atoms with Crippen molar-refractivity contribution in [1.82, 2.24) is 10.3 Å². The second kappa shape index (κ2) is 10.3. The number of nitrogens with one attached hydrogen (secondary N) is 3. The molecule has 10 heteroatoms. The first kappa shape index (κ1) is 25.1. The number of urea groups is 1. The van der Waals surface area contributed by atoms with Gasteiger partial charge in [-0.3, -0.25) is 0 Å². The van der Waals surface area contributed by atoms with Crippen molar-refractivity contribution >= 4 is 50.1 Å². The number of carbonyl (C=O) groups is 1. The predicted octanol–water partition coefficient (Wildman–Crippen LogP) is 6.63. The van der Waals surface area contributed by atoms with Gasteiger partial charge in [0, 0.05) is 47.8 Å². The Morgan fingerprint density at radius 3 is 2.40 bits per heavy atom. The highest BCUT2D eigenvalue weighted by Crippen LogP contribution is 2.36. The van der Waals surface area contributed by atoms with Crippen LogP contribution in [0.5, 0.6) is 0 Å². The van der Waals surface area contributed by atoms with E-state index in [1.54, 1.807) is 0 Å². The van der Waals surface area contributed by atoms with Crippen molar-refractivity contribution in [3.63, 3.8) is 0 Å². The molecule has 0 radical (unpaired) electrons. The molecule has 0 aliphatic heterocycles. The highest BCUT2D eigenvalue weighted by atomic mass is 79.9. The Bertz CT molecular complexity index is 1210. The summed E-state index contributed by atoms with van der Waals surface area (Å²) in [6.45, 7) is 0. The lowest BCUT2D eigenvalue weighted by molar-refractivity contribution is -0.136. The minimum atomic E-state index is -4.57. The van der Waals surface area contributed by atoms with Gasteiger partial charge in [0.25, 0.3) is 0 Å². The molecule has 2 amide bonds. The smallest absolute Gasteiger partial charge is 0.377 e. The number of anilines is 3. The van der Waals surface area contributed by atoms with Gasteiger partial charge in [0.2, 0.25) is 0 Å². The molecule has 1 fully saturated rings. The molecule has 1 aromatic heterocycles. The number of nitrogens with zero attached hydrogens (tertiary/aromatic N) is 2. The van der Waals surface area contributed by atoms with Crippen LogP contribution in [0.4, 0.5) is 35.2 Å². The number of para-hydroxylation sites is 1. The normalized spacial score (nSPS) is 18.2. The van der Waals surface area contributed by atoms with Gasteiger partial charge in [-0.15, -0.1) is 0 Å². The first-order valence-corrected chi connectivity index (χ1v) is 12.2. The molecule has 1 saturated carbocycles. The molecule has 0 atom stereocenters. The second-order valence-corrected chi connectivity index (χ2v) is 9.83. The number of benzene rings is 2. The van der Waals surface area contributed by atoms with E-state index in [1.807, 2.05) is 38.4 Å². The van der Waals surface area contributed by atoms with Crippen molar-refractivity contribution in [3.05, 3.63) is 58.6 Å². The molecular formula is C25H27BrF3N5O. The van der Waals surface area contributed by atoms with Gasteiger partial charge in [0.1, 0.15) is 5.82 Å². The van der Waals surface area contributed by atoms with Crippen molar-refractivity contribution in [2.24, 2.45) is 0 Å². The molecule has 0 unspecified atom stereocenters. The van der Waals surface area contributed by atoms with Gasteiger partial charge in [-0.2, -0.15) is 13.2 Å². The molecule has 0 saturated heterocycles. The maximum absolute atomic E-state index is 13.3. The van der Waals surface area contributed by atoms with Crippen molar-refractivity contribution in [3.8, 4) is 0 Å². The van der Waals surface area contributed by atoms with Gasteiger partial charge in [-0.1, -0.05) is 34.1 Å². The number of halogens is 4. The SMILES string of the molecule is CN(C)c1cc(N[C@H]2CC[C@@H](NC(=O)Nc3ccc(Br)cc3C(F)(F)F)CC2)nc2ccccc12. The standard InChI is InChI=1S/C25H27BrF3N5O/c1-34(2)22-14-23(32-20-6-4-3-5-18(20)22)30-16-8-10-17(11-9-16)31-24(35)33-21-12-7-15(26)13-19(21)25(27,28)29/h3-7,12-14,16-17H,8-11H2,1-2H3,(H,30,32)(H2,31,33,35)/t16-,17+. The van der Waals surface area contributed by atoms with E-state index in [-0.39, 0.29) is 17.8 Å². The van der Waals surface area contributed by atoms with Gasteiger partial charge < -0.3 is 20.9 Å². The van der Waals surface area contributed by atoms with Crippen LogP contribution in [0.1, 0.15) is 31.2 Å². The third-order valence-electron chi connectivity index (χ3n) is 6.13. The number of aromatic nitrogens is 1. The van der Waals surface area contributed by atoms with Crippen molar-refractivity contribution < 1.29 is 18.0 Å². The van der Waals surface area contributed by atoms with E-state index in [4.69, 9.17) is 4.98 Å². The number of hydrogen-bond donors (Lipinski definition) is 3. The summed E-state index contributed by atoms with van der Waals surface area (Å²) in [5, 5.41) is 9.77. The lowest BCUT2D eigenvalue weighted by atomic mass is 9.91. The van der Waals surface area contributed by atoms with Crippen molar-refractivity contribution in [1.29, 1.82) is 0 Å². The van der Waals surface area contributed by atoms with Gasteiger partial charge in [0.15, 0.2) is 0 Å². The monoisotopic (exact) mass is 549 g/mol. The van der Waals surface area contributed by atoms with Crippen LogP contribution in [0.15, 0.2) is 53.0 Å². The molecule has 1 aliphatic carbocycles. The summed E-state index contributed by atoms with van der Waals surface area (Å²) >= 11 is 3.05. The highest BCUT2D eigenvalue weighted by Gasteiger charge is 2.34. The van der Waals surface area contributed by atoms with Crippen LogP contribution in [-0.2, 0) is 6.18 Å². The third-order valence-corrected chi connectivity index (χ3v) is 6.62. The fraction of sp³-hybridized carbons (Fsp3) is 0.360. The van der Waals surface area contributed by atoms with Crippen LogP contribution in [0, 0.1) is 0 Å². The molecule has 4 rings (SSSR count). The van der Waals surface area contributed by atoms with Gasteiger partial charge >= 0.3 is 12.2 Å². The average molecular weight is 550 g/mol. The minimum absolute atomic E-state index is 0.111. The van der Waals surface area contributed by atoms with Crippen LogP contribution in [0.25, 0.3) is 10.9 Å². The highest BCUT2D eigenvalue weighted by molar-refractivity contribution is 9.10. The zero-order chi connectivity index (χ0) is 25.2. The van der Waals surface area contributed by atoms with Crippen LogP contribution in [0.3, 0.4) is 0 Å². The van der Waals surface area contributed by atoms with E-state index in [1.165, 1.54) is 12.1 Å². The Hall–Kier alpha value is -3.01. The molecule has 1 heterocycles. The summed E-state index contributed by atoms with van der Waals surface area (Å²) in [6, 6.07) is 13.1. The Balaban J connectivity index is 1.34. The zero-order valence-electron chi connectivity index (χ0n) is 19.4. The molecule has 0 spiro atoms. The first-order chi connectivity index (χ1) is 16.6. The first-order valence-electron chi connectivity index (χ1n) is 11.4. The topological polar surface area (TPSA) is 69.3 Å². The average Bonchev–Trinajstić information content (AvgIpc) is 2.80. The summed E-state index contributed by atoms with van der Waals surface area (Å²) in [5.41, 5.74) is 0.832. The van der Waals surface area contributed by atoms with Crippen LogP contribution in [-0.4, -0.2) is 37.2 Å². The predicted molar refractivity (Wildman–Crippen MR) is 137 cm³/mol. The van der Waals surface area contributed by atoms with Gasteiger partial charge in [-0.05, 0) is 49.9 Å². The summed E-state index contributed by atoms with van der Waals surface area (Å²) in [7, 11) is 4.00. The zero-order valence-corrected chi connectivity index (χ0v) is 21.0. The van der Waals surface area contributed by atoms with Crippen LogP contribution in [0.2, 0.25) is 0 Å². The quantitative estimate of drug-likeness (QED) is 0.334. The van der Waals surface area contributed by atoms with E-state index in [2.05, 4.69) is 42.8 Å². The molecule has 3 aromatic rings. The Morgan fingerprint density at radius 1 is 1.03 bits per heavy atom. The maximum atomic E-state index is 13.3. The number of amides is 2. The van der Waals surface area contributed by atoms with Crippen molar-refractivity contribution in [2.45, 2.75) is 43.9 Å². The van der Waals surface area contributed by atoms with Gasteiger partial charge in [-0.25, -0.2) is 9.78 Å². The van der Waals surface area contributed by atoms with E-state index in [0.29, 0.717) is 17.3 Å². The van der Waals surface area contributed by atoms with Crippen molar-refractivity contribution in [2.75, 3.05) is 29.6 Å². The molecular weight excluding hydrogens is 523 g/mol. The molecule has 2 aromatic carbocycles. The molecule has 186 valence electrons. The molecule has 35 heavy (non-hydrogen) atoms. The summed E-state index contributed by atoms with van der Waals surface area (Å²) in [4.78, 5) is 19.2. The Morgan fingerprint density at radius 2 is 1.71 bits per heavy atom. The second-order valence-electron chi connectivity index (χ2n) is 8.92. The maximum Gasteiger partial charge on any atom is 0.418 e. The fourth-order valence-corrected chi connectivity index (χ4v) is 4.76. The molecule has 1 aliphatic rings. The number of fused-ring (bicyclic) bond motifs is 1. The number of carbonyl (C=O) groups excluding carboxylic acids is 1. The van der Waals surface area contributed by atoms with E-state index in [0.717, 1.165) is 41.3 Å². The van der Waals surface area contributed by atoms with Crippen LogP contribution < -0.4 is 20.9 Å². The Labute approximate surface area is 210 Å². The van der Waals surface area contributed by atoms with E-state index in [9.17, 15) is 18.0 Å². The lowest BCUT2D eigenvalue weighted by Gasteiger charge is -2.30. The minimum Gasteiger partial charge on any atom is -0.377 e.